The Bertz CT molecular complexity index is 1590. The third-order valence-electron chi connectivity index (χ3n) is 6.00. The molecule has 0 aliphatic rings. The van der Waals surface area contributed by atoms with Crippen LogP contribution in [0.1, 0.15) is 26.0 Å². The Labute approximate surface area is 196 Å². The van der Waals surface area contributed by atoms with Crippen LogP contribution in [0, 0.1) is 5.82 Å². The Morgan fingerprint density at radius 1 is 1.09 bits per heavy atom. The third kappa shape index (κ3) is 3.83. The van der Waals surface area contributed by atoms with Crippen molar-refractivity contribution >= 4 is 27.4 Å². The number of aromatic nitrogens is 5. The van der Waals surface area contributed by atoms with Gasteiger partial charge in [-0.2, -0.15) is 5.10 Å². The minimum Gasteiger partial charge on any atom is -0.352 e. The maximum atomic E-state index is 13.9. The van der Waals surface area contributed by atoms with Crippen LogP contribution in [0.5, 0.6) is 0 Å². The summed E-state index contributed by atoms with van der Waals surface area (Å²) >= 11 is 0. The van der Waals surface area contributed by atoms with E-state index in [4.69, 9.17) is 0 Å². The lowest BCUT2D eigenvalue weighted by molar-refractivity contribution is 0.628. The molecular formula is C28H24FN5. The molecule has 0 atom stereocenters. The number of rotatable bonds is 6. The average molecular weight is 450 g/mol. The molecule has 168 valence electrons. The molecule has 0 saturated carbocycles. The third-order valence-corrected chi connectivity index (χ3v) is 6.00. The van der Waals surface area contributed by atoms with Gasteiger partial charge in [-0.25, -0.2) is 4.39 Å². The predicted octanol–water partition coefficient (Wildman–Crippen LogP) is 7.23. The van der Waals surface area contributed by atoms with Crippen molar-refractivity contribution in [2.24, 2.45) is 0 Å². The molecule has 4 heterocycles. The van der Waals surface area contributed by atoms with Crippen LogP contribution in [0.15, 0.2) is 85.4 Å². The Balaban J connectivity index is 1.63. The number of hydrogen-bond acceptors (Lipinski definition) is 3. The van der Waals surface area contributed by atoms with Gasteiger partial charge in [-0.15, -0.1) is 0 Å². The van der Waals surface area contributed by atoms with E-state index in [0.29, 0.717) is 0 Å². The van der Waals surface area contributed by atoms with Gasteiger partial charge in [-0.05, 0) is 60.4 Å². The van der Waals surface area contributed by atoms with Gasteiger partial charge in [-0.3, -0.25) is 15.1 Å². The highest BCUT2D eigenvalue weighted by molar-refractivity contribution is 6.01. The molecule has 0 amide bonds. The highest BCUT2D eigenvalue weighted by Gasteiger charge is 2.15. The first-order valence-electron chi connectivity index (χ1n) is 11.2. The molecule has 0 bridgehead atoms. The van der Waals surface area contributed by atoms with E-state index < -0.39 is 0 Å². The quantitative estimate of drug-likeness (QED) is 0.269. The summed E-state index contributed by atoms with van der Waals surface area (Å²) in [7, 11) is 0. The normalized spacial score (nSPS) is 12.6. The maximum Gasteiger partial charge on any atom is 0.123 e. The standard InChI is InChI=1S/C28H24FN5/c1-4-17(5-2)10-18(6-3)24-13-22-27(16-31-24)33-34-28(22)25-12-21-23(14-30-15-26(21)32-25)19-8-7-9-20(29)11-19/h4,6-16,32H,1,5H2,2-3H3,(H,33,34)/b17-10+,18-6+. The molecule has 2 N–H and O–H groups in total. The van der Waals surface area contributed by atoms with Crippen molar-refractivity contribution in [2.75, 3.05) is 0 Å². The second kappa shape index (κ2) is 8.90. The fourth-order valence-electron chi connectivity index (χ4n) is 4.15. The van der Waals surface area contributed by atoms with Crippen molar-refractivity contribution < 1.29 is 4.39 Å². The van der Waals surface area contributed by atoms with Crippen LogP contribution in [0.25, 0.3) is 49.9 Å². The first kappa shape index (κ1) is 21.5. The van der Waals surface area contributed by atoms with Gasteiger partial charge in [0, 0.05) is 22.5 Å². The minimum absolute atomic E-state index is 0.278. The SMILES string of the molecule is C=C/C(=C\C(=C/C)c1cc2c(-c3cc4c(-c5cccc(F)c5)cncc4[nH]3)n[nH]c2cn1)CC. The fraction of sp³-hybridized carbons (Fsp3) is 0.107. The van der Waals surface area contributed by atoms with Crippen LogP contribution >= 0.6 is 0 Å². The molecule has 5 rings (SSSR count). The number of nitrogens with zero attached hydrogens (tertiary/aromatic N) is 3. The van der Waals surface area contributed by atoms with Crippen LogP contribution in [0.4, 0.5) is 4.39 Å². The maximum absolute atomic E-state index is 13.9. The molecule has 0 saturated heterocycles. The van der Waals surface area contributed by atoms with E-state index in [1.54, 1.807) is 24.7 Å². The number of allylic oxidation sites excluding steroid dienone is 5. The molecule has 6 heteroatoms. The summed E-state index contributed by atoms with van der Waals surface area (Å²) in [5, 5.41) is 9.57. The zero-order valence-corrected chi connectivity index (χ0v) is 19.1. The number of benzene rings is 1. The van der Waals surface area contributed by atoms with Gasteiger partial charge in [0.25, 0.3) is 0 Å². The van der Waals surface area contributed by atoms with E-state index in [0.717, 1.165) is 67.6 Å². The molecule has 0 aliphatic heterocycles. The van der Waals surface area contributed by atoms with Gasteiger partial charge in [0.2, 0.25) is 0 Å². The number of H-pyrrole nitrogens is 2. The van der Waals surface area contributed by atoms with E-state index in [1.165, 1.54) is 12.1 Å². The second-order valence-electron chi connectivity index (χ2n) is 8.05. The first-order valence-corrected chi connectivity index (χ1v) is 11.2. The van der Waals surface area contributed by atoms with Crippen molar-refractivity contribution in [3.63, 3.8) is 0 Å². The van der Waals surface area contributed by atoms with Crippen molar-refractivity contribution in [3.05, 3.63) is 96.9 Å². The number of hydrogen-bond donors (Lipinski definition) is 2. The summed E-state index contributed by atoms with van der Waals surface area (Å²) in [5.41, 5.74) is 8.03. The Hall–Kier alpha value is -4.32. The molecule has 0 spiro atoms. The van der Waals surface area contributed by atoms with Gasteiger partial charge >= 0.3 is 0 Å². The first-order chi connectivity index (χ1) is 16.6. The van der Waals surface area contributed by atoms with Gasteiger partial charge in [0.05, 0.1) is 34.8 Å². The smallest absolute Gasteiger partial charge is 0.123 e. The lowest BCUT2D eigenvalue weighted by Crippen LogP contribution is -1.89. The Kier molecular flexibility index (Phi) is 5.64. The minimum atomic E-state index is -0.278. The van der Waals surface area contributed by atoms with Crippen molar-refractivity contribution in [1.82, 2.24) is 25.1 Å². The van der Waals surface area contributed by atoms with E-state index in [1.807, 2.05) is 37.3 Å². The summed E-state index contributed by atoms with van der Waals surface area (Å²) in [6, 6.07) is 10.6. The van der Waals surface area contributed by atoms with Crippen LogP contribution < -0.4 is 0 Å². The van der Waals surface area contributed by atoms with Crippen LogP contribution in [0.2, 0.25) is 0 Å². The largest absolute Gasteiger partial charge is 0.352 e. The molecule has 5 aromatic rings. The number of halogens is 1. The highest BCUT2D eigenvalue weighted by Crippen LogP contribution is 2.34. The molecular weight excluding hydrogens is 425 g/mol. The number of pyridine rings is 2. The van der Waals surface area contributed by atoms with Crippen LogP contribution in [-0.2, 0) is 0 Å². The van der Waals surface area contributed by atoms with E-state index in [2.05, 4.69) is 44.7 Å². The van der Waals surface area contributed by atoms with E-state index >= 15 is 0 Å². The summed E-state index contributed by atoms with van der Waals surface area (Å²) < 4.78 is 13.9. The summed E-state index contributed by atoms with van der Waals surface area (Å²) in [5.74, 6) is -0.278. The Morgan fingerprint density at radius 2 is 1.97 bits per heavy atom. The molecule has 0 aliphatic carbocycles. The lowest BCUT2D eigenvalue weighted by Gasteiger charge is -2.04. The lowest BCUT2D eigenvalue weighted by atomic mass is 10.0. The molecule has 5 nitrogen and oxygen atoms in total. The molecule has 34 heavy (non-hydrogen) atoms. The highest BCUT2D eigenvalue weighted by atomic mass is 19.1. The van der Waals surface area contributed by atoms with Crippen molar-refractivity contribution in [1.29, 1.82) is 0 Å². The van der Waals surface area contributed by atoms with Gasteiger partial charge in [0.15, 0.2) is 0 Å². The van der Waals surface area contributed by atoms with E-state index in [9.17, 15) is 4.39 Å². The molecule has 4 aromatic heterocycles. The summed E-state index contributed by atoms with van der Waals surface area (Å²) in [6.45, 7) is 8.01. The molecule has 0 fully saturated rings. The molecule has 0 radical (unpaired) electrons. The summed E-state index contributed by atoms with van der Waals surface area (Å²) in [4.78, 5) is 12.4. The van der Waals surface area contributed by atoms with Gasteiger partial charge in [0.1, 0.15) is 11.5 Å². The van der Waals surface area contributed by atoms with Gasteiger partial charge < -0.3 is 4.98 Å². The number of aromatic amines is 2. The van der Waals surface area contributed by atoms with Gasteiger partial charge in [-0.1, -0.05) is 37.8 Å². The van der Waals surface area contributed by atoms with E-state index in [-0.39, 0.29) is 5.82 Å². The Morgan fingerprint density at radius 3 is 2.74 bits per heavy atom. The summed E-state index contributed by atoms with van der Waals surface area (Å²) in [6.07, 6.45) is 12.3. The van der Waals surface area contributed by atoms with Crippen LogP contribution in [0.3, 0.4) is 0 Å². The topological polar surface area (TPSA) is 70.2 Å². The fourth-order valence-corrected chi connectivity index (χ4v) is 4.15. The molecule has 1 aromatic carbocycles. The number of nitrogens with one attached hydrogen (secondary N) is 2. The zero-order valence-electron chi connectivity index (χ0n) is 19.1. The second-order valence-corrected chi connectivity index (χ2v) is 8.05. The van der Waals surface area contributed by atoms with Crippen LogP contribution in [-0.4, -0.2) is 25.1 Å². The monoisotopic (exact) mass is 449 g/mol. The average Bonchev–Trinajstić information content (AvgIpc) is 3.48. The van der Waals surface area contributed by atoms with Crippen molar-refractivity contribution in [3.8, 4) is 22.5 Å². The predicted molar refractivity (Wildman–Crippen MR) is 137 cm³/mol. The van der Waals surface area contributed by atoms with Crippen molar-refractivity contribution in [2.45, 2.75) is 20.3 Å². The molecule has 0 unspecified atom stereocenters. The zero-order chi connectivity index (χ0) is 23.7. The number of fused-ring (bicyclic) bond motifs is 2.